The first kappa shape index (κ1) is 15.5. The second-order valence-electron chi connectivity index (χ2n) is 5.50. The van der Waals surface area contributed by atoms with E-state index in [-0.39, 0.29) is 12.3 Å². The van der Waals surface area contributed by atoms with Crippen molar-refractivity contribution >= 4 is 12.0 Å². The molecule has 0 aliphatic carbocycles. The highest BCUT2D eigenvalue weighted by molar-refractivity contribution is 5.67. The zero-order valence-electron chi connectivity index (χ0n) is 12.8. The highest BCUT2D eigenvalue weighted by Gasteiger charge is 2.26. The molecule has 1 aliphatic rings. The molecule has 0 bridgehead atoms. The zero-order chi connectivity index (χ0) is 16.1. The van der Waals surface area contributed by atoms with Crippen LogP contribution in [-0.4, -0.2) is 31.7 Å². The van der Waals surface area contributed by atoms with Gasteiger partial charge in [0.05, 0.1) is 13.2 Å². The maximum atomic E-state index is 11.2. The lowest BCUT2D eigenvalue weighted by Crippen LogP contribution is -2.53. The van der Waals surface area contributed by atoms with Gasteiger partial charge < -0.3 is 24.9 Å². The van der Waals surface area contributed by atoms with Crippen molar-refractivity contribution in [1.82, 2.24) is 0 Å². The first-order valence-electron chi connectivity index (χ1n) is 7.62. The summed E-state index contributed by atoms with van der Waals surface area (Å²) in [5.41, 5.74) is 7.88. The second kappa shape index (κ2) is 7.26. The number of benzene rings is 2. The average molecular weight is 312 g/mol. The summed E-state index contributed by atoms with van der Waals surface area (Å²) in [6.45, 7) is 1.34. The van der Waals surface area contributed by atoms with Crippen LogP contribution in [0.5, 0.6) is 5.75 Å². The smallest absolute Gasteiger partial charge is 0.144 e. The van der Waals surface area contributed by atoms with E-state index >= 15 is 0 Å². The zero-order valence-corrected chi connectivity index (χ0v) is 12.8. The summed E-state index contributed by atoms with van der Waals surface area (Å²) in [4.78, 5) is 13.1. The molecule has 0 spiro atoms. The Morgan fingerprint density at radius 2 is 1.91 bits per heavy atom. The van der Waals surface area contributed by atoms with Gasteiger partial charge >= 0.3 is 0 Å². The summed E-state index contributed by atoms with van der Waals surface area (Å²) in [6.07, 6.45) is 0.520. The molecule has 0 saturated carbocycles. The quantitative estimate of drug-likeness (QED) is 0.855. The Morgan fingerprint density at radius 3 is 2.61 bits per heavy atom. The lowest BCUT2D eigenvalue weighted by Gasteiger charge is -2.37. The highest BCUT2D eigenvalue weighted by atomic mass is 16.5. The van der Waals surface area contributed by atoms with Gasteiger partial charge in [-0.1, -0.05) is 30.3 Å². The minimum atomic E-state index is -0.375. The summed E-state index contributed by atoms with van der Waals surface area (Å²) >= 11 is 0. The Morgan fingerprint density at radius 1 is 1.17 bits per heavy atom. The van der Waals surface area contributed by atoms with Crippen LogP contribution in [0.2, 0.25) is 0 Å². The Bertz CT molecular complexity index is 630. The van der Waals surface area contributed by atoms with E-state index in [1.54, 1.807) is 0 Å². The van der Waals surface area contributed by atoms with Gasteiger partial charge in [0.25, 0.3) is 0 Å². The number of nitrogens with two attached hydrogens (primary N) is 1. The number of hydrogen-bond acceptors (Lipinski definition) is 5. The van der Waals surface area contributed by atoms with Gasteiger partial charge in [-0.25, -0.2) is 0 Å². The molecule has 5 nitrogen and oxygen atoms in total. The Kier molecular flexibility index (Phi) is 4.90. The number of nitrogens with zero attached hydrogens (tertiary/aromatic N) is 1. The third kappa shape index (κ3) is 3.88. The van der Waals surface area contributed by atoms with Crippen molar-refractivity contribution in [1.29, 1.82) is 0 Å². The molecule has 2 N–H and O–H groups in total. The minimum Gasteiger partial charge on any atom is -0.489 e. The van der Waals surface area contributed by atoms with E-state index in [1.165, 1.54) is 0 Å². The number of carbonyl (C=O) groups is 1. The van der Waals surface area contributed by atoms with Gasteiger partial charge in [-0.15, -0.1) is 0 Å². The van der Waals surface area contributed by atoms with Crippen LogP contribution in [0.3, 0.4) is 0 Å². The molecule has 1 saturated heterocycles. The van der Waals surface area contributed by atoms with Crippen molar-refractivity contribution in [2.45, 2.75) is 18.9 Å². The summed E-state index contributed by atoms with van der Waals surface area (Å²) in [5, 5.41) is 0. The number of aldehydes is 1. The fourth-order valence-electron chi connectivity index (χ4n) is 2.58. The third-order valence-electron chi connectivity index (χ3n) is 3.83. The molecule has 1 aliphatic heterocycles. The Hall–Kier alpha value is -2.37. The SMILES string of the molecule is NC1CN(c2ccc(OCc3ccccc3)cc2)C(C=O)CO1. The molecule has 1 heterocycles. The summed E-state index contributed by atoms with van der Waals surface area (Å²) in [7, 11) is 0. The topological polar surface area (TPSA) is 64.8 Å². The predicted molar refractivity (Wildman–Crippen MR) is 88.3 cm³/mol. The highest BCUT2D eigenvalue weighted by Crippen LogP contribution is 2.23. The van der Waals surface area contributed by atoms with Crippen LogP contribution >= 0.6 is 0 Å². The van der Waals surface area contributed by atoms with Gasteiger partial charge in [0.2, 0.25) is 0 Å². The number of rotatable bonds is 5. The van der Waals surface area contributed by atoms with E-state index in [1.807, 2.05) is 59.5 Å². The van der Waals surface area contributed by atoms with Crippen molar-refractivity contribution in [3.63, 3.8) is 0 Å². The van der Waals surface area contributed by atoms with Crippen molar-refractivity contribution in [2.75, 3.05) is 18.1 Å². The van der Waals surface area contributed by atoms with Crippen LogP contribution in [0, 0.1) is 0 Å². The van der Waals surface area contributed by atoms with E-state index in [0.29, 0.717) is 19.8 Å². The van der Waals surface area contributed by atoms with Gasteiger partial charge in [0.15, 0.2) is 0 Å². The Balaban J connectivity index is 1.65. The monoisotopic (exact) mass is 312 g/mol. The molecule has 0 radical (unpaired) electrons. The van der Waals surface area contributed by atoms with Gasteiger partial charge in [-0.2, -0.15) is 0 Å². The van der Waals surface area contributed by atoms with Crippen molar-refractivity contribution in [3.8, 4) is 5.75 Å². The predicted octanol–water partition coefficient (Wildman–Crippen LogP) is 1.95. The van der Waals surface area contributed by atoms with Crippen LogP contribution in [0.4, 0.5) is 5.69 Å². The lowest BCUT2D eigenvalue weighted by atomic mass is 10.2. The number of anilines is 1. The first-order chi connectivity index (χ1) is 11.3. The first-order valence-corrected chi connectivity index (χ1v) is 7.62. The fourth-order valence-corrected chi connectivity index (χ4v) is 2.58. The number of morpholine rings is 1. The third-order valence-corrected chi connectivity index (χ3v) is 3.83. The number of carbonyl (C=O) groups excluding carboxylic acids is 1. The van der Waals surface area contributed by atoms with Crippen LogP contribution in [-0.2, 0) is 16.1 Å². The maximum absolute atomic E-state index is 11.2. The molecule has 2 aromatic carbocycles. The van der Waals surface area contributed by atoms with Crippen LogP contribution in [0.25, 0.3) is 0 Å². The largest absolute Gasteiger partial charge is 0.489 e. The van der Waals surface area contributed by atoms with E-state index in [2.05, 4.69) is 0 Å². The number of hydrogen-bond donors (Lipinski definition) is 1. The van der Waals surface area contributed by atoms with Crippen molar-refractivity contribution < 1.29 is 14.3 Å². The van der Waals surface area contributed by atoms with Gasteiger partial charge in [-0.05, 0) is 29.8 Å². The van der Waals surface area contributed by atoms with Gasteiger partial charge in [0.1, 0.15) is 30.9 Å². The molecule has 1 fully saturated rings. The minimum absolute atomic E-state index is 0.300. The van der Waals surface area contributed by atoms with E-state index < -0.39 is 0 Å². The average Bonchev–Trinajstić information content (AvgIpc) is 2.61. The molecule has 0 amide bonds. The molecule has 3 rings (SSSR count). The summed E-state index contributed by atoms with van der Waals surface area (Å²) < 4.78 is 11.1. The molecule has 5 heteroatoms. The molecular formula is C18H20N2O3. The molecule has 2 atom stereocenters. The van der Waals surface area contributed by atoms with Crippen LogP contribution in [0.15, 0.2) is 54.6 Å². The van der Waals surface area contributed by atoms with Gasteiger partial charge in [0, 0.05) is 5.69 Å². The van der Waals surface area contributed by atoms with Crippen LogP contribution < -0.4 is 15.4 Å². The molecule has 0 aromatic heterocycles. The second-order valence-corrected chi connectivity index (χ2v) is 5.50. The molecule has 2 unspecified atom stereocenters. The van der Waals surface area contributed by atoms with Crippen molar-refractivity contribution in [3.05, 3.63) is 60.2 Å². The normalized spacial score (nSPS) is 21.0. The maximum Gasteiger partial charge on any atom is 0.144 e. The standard InChI is InChI=1S/C18H20N2O3/c19-18-10-20(16(11-21)13-23-18)15-6-8-17(9-7-15)22-12-14-4-2-1-3-5-14/h1-9,11,16,18H,10,12-13,19H2. The fraction of sp³-hybridized carbons (Fsp3) is 0.278. The molecular weight excluding hydrogens is 292 g/mol. The van der Waals surface area contributed by atoms with E-state index in [0.717, 1.165) is 23.3 Å². The molecule has 2 aromatic rings. The summed E-state index contributed by atoms with van der Waals surface area (Å²) in [5.74, 6) is 0.790. The lowest BCUT2D eigenvalue weighted by molar-refractivity contribution is -0.112. The number of ether oxygens (including phenoxy) is 2. The van der Waals surface area contributed by atoms with Gasteiger partial charge in [-0.3, -0.25) is 0 Å². The van der Waals surface area contributed by atoms with Crippen molar-refractivity contribution in [2.24, 2.45) is 5.73 Å². The summed E-state index contributed by atoms with van der Waals surface area (Å²) in [6, 6.07) is 17.4. The van der Waals surface area contributed by atoms with Crippen LogP contribution in [0.1, 0.15) is 5.56 Å². The van der Waals surface area contributed by atoms with E-state index in [9.17, 15) is 4.79 Å². The molecule has 23 heavy (non-hydrogen) atoms. The van der Waals surface area contributed by atoms with E-state index in [4.69, 9.17) is 15.2 Å². The molecule has 120 valence electrons. The Labute approximate surface area is 135 Å².